The van der Waals surface area contributed by atoms with E-state index in [0.29, 0.717) is 0 Å². The lowest BCUT2D eigenvalue weighted by Crippen LogP contribution is -1.87. The Hall–Kier alpha value is -1.50. The Morgan fingerprint density at radius 2 is 1.92 bits per heavy atom. The number of benzene rings is 1. The van der Waals surface area contributed by atoms with Crippen LogP contribution in [0.2, 0.25) is 0 Å². The topological polar surface area (TPSA) is 12.0 Å². The molecule has 0 fully saturated rings. The van der Waals surface area contributed by atoms with Crippen molar-refractivity contribution in [3.05, 3.63) is 54.3 Å². The van der Waals surface area contributed by atoms with E-state index in [4.69, 9.17) is 0 Å². The predicted octanol–water partition coefficient (Wildman–Crippen LogP) is 3.58. The van der Waals surface area contributed by atoms with Crippen molar-refractivity contribution in [1.29, 1.82) is 0 Å². The number of para-hydroxylation sites is 1. The van der Waals surface area contributed by atoms with Gasteiger partial charge in [0.05, 0.1) is 0 Å². The molecule has 0 heterocycles. The SMILES string of the molecule is C/C=C\C(C)=C/Nc1ccccc1. The Kier molecular flexibility index (Phi) is 3.83. The number of hydrogen-bond acceptors (Lipinski definition) is 1. The summed E-state index contributed by atoms with van der Waals surface area (Å²) in [7, 11) is 0. The second-order valence-electron chi connectivity index (χ2n) is 2.90. The van der Waals surface area contributed by atoms with E-state index in [9.17, 15) is 0 Å². The van der Waals surface area contributed by atoms with Crippen LogP contribution >= 0.6 is 0 Å². The first-order valence-electron chi connectivity index (χ1n) is 4.44. The monoisotopic (exact) mass is 173 g/mol. The van der Waals surface area contributed by atoms with Crippen molar-refractivity contribution in [2.24, 2.45) is 0 Å². The van der Waals surface area contributed by atoms with Crippen LogP contribution < -0.4 is 5.32 Å². The summed E-state index contributed by atoms with van der Waals surface area (Å²) in [6, 6.07) is 10.1. The highest BCUT2D eigenvalue weighted by molar-refractivity contribution is 5.45. The molecule has 1 aromatic carbocycles. The average molecular weight is 173 g/mol. The summed E-state index contributed by atoms with van der Waals surface area (Å²) >= 11 is 0. The highest BCUT2D eigenvalue weighted by atomic mass is 14.8. The molecular formula is C12H15N. The molecule has 1 nitrogen and oxygen atoms in total. The van der Waals surface area contributed by atoms with Crippen LogP contribution in [0, 0.1) is 0 Å². The molecule has 0 saturated carbocycles. The zero-order valence-corrected chi connectivity index (χ0v) is 8.12. The quantitative estimate of drug-likeness (QED) is 0.689. The van der Waals surface area contributed by atoms with Gasteiger partial charge in [0.2, 0.25) is 0 Å². The fraction of sp³-hybridized carbons (Fsp3) is 0.167. The molecule has 1 N–H and O–H groups in total. The average Bonchev–Trinajstić information content (AvgIpc) is 2.17. The van der Waals surface area contributed by atoms with Crippen LogP contribution in [0.5, 0.6) is 0 Å². The van der Waals surface area contributed by atoms with Gasteiger partial charge in [0.1, 0.15) is 0 Å². The minimum atomic E-state index is 1.12. The van der Waals surface area contributed by atoms with Gasteiger partial charge < -0.3 is 5.32 Å². The summed E-state index contributed by atoms with van der Waals surface area (Å²) in [5, 5.41) is 3.22. The third kappa shape index (κ3) is 3.61. The van der Waals surface area contributed by atoms with Gasteiger partial charge in [-0.1, -0.05) is 30.4 Å². The van der Waals surface area contributed by atoms with E-state index in [-0.39, 0.29) is 0 Å². The van der Waals surface area contributed by atoms with Gasteiger partial charge in [-0.05, 0) is 31.6 Å². The van der Waals surface area contributed by atoms with Crippen LogP contribution in [-0.2, 0) is 0 Å². The van der Waals surface area contributed by atoms with Crippen molar-refractivity contribution in [1.82, 2.24) is 0 Å². The summed E-state index contributed by atoms with van der Waals surface area (Å²) in [4.78, 5) is 0. The number of nitrogens with one attached hydrogen (secondary N) is 1. The second kappa shape index (κ2) is 5.20. The molecule has 68 valence electrons. The highest BCUT2D eigenvalue weighted by Crippen LogP contribution is 2.05. The van der Waals surface area contributed by atoms with Gasteiger partial charge in [0, 0.05) is 11.9 Å². The Balaban J connectivity index is 2.56. The smallest absolute Gasteiger partial charge is 0.0379 e. The second-order valence-corrected chi connectivity index (χ2v) is 2.90. The summed E-state index contributed by atoms with van der Waals surface area (Å²) in [5.74, 6) is 0. The first-order valence-corrected chi connectivity index (χ1v) is 4.44. The van der Waals surface area contributed by atoms with E-state index in [1.165, 1.54) is 5.57 Å². The Morgan fingerprint density at radius 1 is 1.23 bits per heavy atom. The zero-order valence-electron chi connectivity index (χ0n) is 8.12. The first kappa shape index (κ1) is 9.59. The van der Waals surface area contributed by atoms with Crippen LogP contribution in [0.4, 0.5) is 5.69 Å². The molecule has 1 heteroatoms. The van der Waals surface area contributed by atoms with E-state index in [1.807, 2.05) is 49.5 Å². The number of rotatable bonds is 3. The molecule has 13 heavy (non-hydrogen) atoms. The van der Waals surface area contributed by atoms with E-state index in [1.54, 1.807) is 0 Å². The fourth-order valence-electron chi connectivity index (χ4n) is 1.04. The summed E-state index contributed by atoms with van der Waals surface area (Å²) < 4.78 is 0. The van der Waals surface area contributed by atoms with E-state index < -0.39 is 0 Å². The number of allylic oxidation sites excluding steroid dienone is 3. The molecule has 1 aromatic rings. The number of hydrogen-bond donors (Lipinski definition) is 1. The number of anilines is 1. The zero-order chi connectivity index (χ0) is 9.52. The lowest BCUT2D eigenvalue weighted by molar-refractivity contribution is 1.45. The standard InChI is InChI=1S/C12H15N/c1-3-7-11(2)10-13-12-8-5-4-6-9-12/h3-10,13H,1-2H3/b7-3-,11-10-. The highest BCUT2D eigenvalue weighted by Gasteiger charge is 1.84. The van der Waals surface area contributed by atoms with Crippen molar-refractivity contribution in [2.75, 3.05) is 5.32 Å². The molecule has 0 aliphatic heterocycles. The van der Waals surface area contributed by atoms with Crippen molar-refractivity contribution in [3.63, 3.8) is 0 Å². The predicted molar refractivity (Wildman–Crippen MR) is 58.6 cm³/mol. The lowest BCUT2D eigenvalue weighted by atomic mass is 10.3. The lowest BCUT2D eigenvalue weighted by Gasteiger charge is -1.99. The van der Waals surface area contributed by atoms with Crippen LogP contribution in [-0.4, -0.2) is 0 Å². The summed E-state index contributed by atoms with van der Waals surface area (Å²) in [5.41, 5.74) is 2.33. The Labute approximate surface area is 79.8 Å². The van der Waals surface area contributed by atoms with Gasteiger partial charge in [-0.3, -0.25) is 0 Å². The van der Waals surface area contributed by atoms with Gasteiger partial charge in [-0.2, -0.15) is 0 Å². The molecule has 0 radical (unpaired) electrons. The first-order chi connectivity index (χ1) is 6.33. The molecule has 0 aliphatic carbocycles. The normalized spacial score (nSPS) is 12.0. The van der Waals surface area contributed by atoms with Crippen LogP contribution in [0.15, 0.2) is 54.3 Å². The van der Waals surface area contributed by atoms with Crippen LogP contribution in [0.25, 0.3) is 0 Å². The molecule has 0 bridgehead atoms. The van der Waals surface area contributed by atoms with Crippen molar-refractivity contribution < 1.29 is 0 Å². The molecule has 0 spiro atoms. The van der Waals surface area contributed by atoms with Crippen molar-refractivity contribution in [3.8, 4) is 0 Å². The molecule has 0 aromatic heterocycles. The molecular weight excluding hydrogens is 158 g/mol. The van der Waals surface area contributed by atoms with Crippen molar-refractivity contribution >= 4 is 5.69 Å². The van der Waals surface area contributed by atoms with E-state index in [0.717, 1.165) is 5.69 Å². The Bertz CT molecular complexity index is 296. The molecule has 0 amide bonds. The van der Waals surface area contributed by atoms with Gasteiger partial charge >= 0.3 is 0 Å². The molecule has 0 atom stereocenters. The maximum absolute atomic E-state index is 3.22. The van der Waals surface area contributed by atoms with Crippen LogP contribution in [0.3, 0.4) is 0 Å². The minimum Gasteiger partial charge on any atom is -0.361 e. The molecule has 0 unspecified atom stereocenters. The fourth-order valence-corrected chi connectivity index (χ4v) is 1.04. The van der Waals surface area contributed by atoms with E-state index in [2.05, 4.69) is 18.3 Å². The largest absolute Gasteiger partial charge is 0.361 e. The van der Waals surface area contributed by atoms with Crippen LogP contribution in [0.1, 0.15) is 13.8 Å². The third-order valence-corrected chi connectivity index (χ3v) is 1.67. The molecule has 0 aliphatic rings. The maximum atomic E-state index is 3.22. The summed E-state index contributed by atoms with van der Waals surface area (Å²) in [6.45, 7) is 4.08. The van der Waals surface area contributed by atoms with Gasteiger partial charge in [0.25, 0.3) is 0 Å². The Morgan fingerprint density at radius 3 is 2.54 bits per heavy atom. The van der Waals surface area contributed by atoms with Gasteiger partial charge in [-0.25, -0.2) is 0 Å². The summed E-state index contributed by atoms with van der Waals surface area (Å²) in [6.07, 6.45) is 6.09. The van der Waals surface area contributed by atoms with Crippen molar-refractivity contribution in [2.45, 2.75) is 13.8 Å². The third-order valence-electron chi connectivity index (χ3n) is 1.67. The van der Waals surface area contributed by atoms with Gasteiger partial charge in [0.15, 0.2) is 0 Å². The molecule has 1 rings (SSSR count). The minimum absolute atomic E-state index is 1.12. The van der Waals surface area contributed by atoms with Gasteiger partial charge in [-0.15, -0.1) is 0 Å². The van der Waals surface area contributed by atoms with E-state index >= 15 is 0 Å². The molecule has 0 saturated heterocycles. The maximum Gasteiger partial charge on any atom is 0.0379 e.